The van der Waals surface area contributed by atoms with Crippen LogP contribution in [-0.2, 0) is 17.7 Å². The highest BCUT2D eigenvalue weighted by molar-refractivity contribution is 5.79. The number of benzene rings is 1. The summed E-state index contributed by atoms with van der Waals surface area (Å²) < 4.78 is 7.77. The van der Waals surface area contributed by atoms with E-state index in [0.29, 0.717) is 5.92 Å². The predicted molar refractivity (Wildman–Crippen MR) is 94.3 cm³/mol. The van der Waals surface area contributed by atoms with Gasteiger partial charge >= 0.3 is 0 Å². The van der Waals surface area contributed by atoms with Crippen LogP contribution in [0.5, 0.6) is 0 Å². The van der Waals surface area contributed by atoms with E-state index in [1.165, 1.54) is 17.0 Å². The summed E-state index contributed by atoms with van der Waals surface area (Å²) in [5.41, 5.74) is 4.81. The predicted octanol–water partition coefficient (Wildman–Crippen LogP) is 3.51. The van der Waals surface area contributed by atoms with Crippen molar-refractivity contribution < 1.29 is 4.74 Å². The molecule has 1 aliphatic heterocycles. The first-order valence-electron chi connectivity index (χ1n) is 8.76. The average molecular weight is 324 g/mol. The lowest BCUT2D eigenvalue weighted by Gasteiger charge is -2.11. The number of nitrogens with zero attached hydrogens (tertiary/aromatic N) is 3. The maximum atomic E-state index is 5.50. The summed E-state index contributed by atoms with van der Waals surface area (Å²) in [5, 5.41) is 0. The Morgan fingerprint density at radius 1 is 1.33 bits per heavy atom. The number of rotatable bonds is 5. The molecular weight excluding hydrogens is 300 g/mol. The van der Waals surface area contributed by atoms with Gasteiger partial charge in [-0.1, -0.05) is 6.07 Å². The van der Waals surface area contributed by atoms with Gasteiger partial charge in [-0.25, -0.2) is 9.97 Å². The number of aromatic nitrogens is 4. The Bertz CT molecular complexity index is 842. The summed E-state index contributed by atoms with van der Waals surface area (Å²) in [6.45, 7) is 6.91. The van der Waals surface area contributed by atoms with Crippen LogP contribution >= 0.6 is 0 Å². The van der Waals surface area contributed by atoms with E-state index in [4.69, 9.17) is 9.72 Å². The Morgan fingerprint density at radius 2 is 2.25 bits per heavy atom. The average Bonchev–Trinajstić information content (AvgIpc) is 3.30. The van der Waals surface area contributed by atoms with E-state index in [1.807, 2.05) is 6.20 Å². The van der Waals surface area contributed by atoms with E-state index in [0.717, 1.165) is 55.9 Å². The molecule has 3 heterocycles. The molecule has 1 saturated heterocycles. The van der Waals surface area contributed by atoms with Crippen molar-refractivity contribution in [3.05, 3.63) is 47.3 Å². The van der Waals surface area contributed by atoms with Gasteiger partial charge in [0.05, 0.1) is 17.6 Å². The van der Waals surface area contributed by atoms with Gasteiger partial charge in [-0.3, -0.25) is 0 Å². The van der Waals surface area contributed by atoms with E-state index in [9.17, 15) is 0 Å². The van der Waals surface area contributed by atoms with Crippen LogP contribution in [-0.4, -0.2) is 32.7 Å². The molecule has 5 nitrogen and oxygen atoms in total. The van der Waals surface area contributed by atoms with E-state index in [2.05, 4.69) is 46.7 Å². The van der Waals surface area contributed by atoms with Crippen molar-refractivity contribution in [3.63, 3.8) is 0 Å². The maximum absolute atomic E-state index is 5.50. The molecule has 5 heteroatoms. The molecule has 1 N–H and O–H groups in total. The van der Waals surface area contributed by atoms with Gasteiger partial charge in [0.2, 0.25) is 0 Å². The summed E-state index contributed by atoms with van der Waals surface area (Å²) in [5.74, 6) is 2.70. The molecule has 0 spiro atoms. The minimum atomic E-state index is 0.455. The van der Waals surface area contributed by atoms with Crippen molar-refractivity contribution in [2.75, 3.05) is 13.2 Å². The van der Waals surface area contributed by atoms with Crippen LogP contribution in [0.2, 0.25) is 0 Å². The van der Waals surface area contributed by atoms with E-state index in [1.54, 1.807) is 0 Å². The molecule has 1 atom stereocenters. The number of ether oxygens (including phenoxy) is 1. The van der Waals surface area contributed by atoms with Crippen LogP contribution in [0.3, 0.4) is 0 Å². The Labute approximate surface area is 142 Å². The van der Waals surface area contributed by atoms with Crippen molar-refractivity contribution >= 4 is 11.0 Å². The SMILES string of the molecule is Cc1ccc2[nH]c(CCCn3ccnc3[C@H]3CCOC3)nc2c1C. The van der Waals surface area contributed by atoms with E-state index in [-0.39, 0.29) is 0 Å². The van der Waals surface area contributed by atoms with Crippen molar-refractivity contribution in [2.24, 2.45) is 0 Å². The summed E-state index contributed by atoms with van der Waals surface area (Å²) in [6, 6.07) is 4.28. The molecule has 0 amide bonds. The maximum Gasteiger partial charge on any atom is 0.114 e. The van der Waals surface area contributed by atoms with Gasteiger partial charge in [0.1, 0.15) is 11.6 Å². The first-order chi connectivity index (χ1) is 11.7. The zero-order valence-electron chi connectivity index (χ0n) is 14.4. The fraction of sp³-hybridized carbons (Fsp3) is 0.474. The Morgan fingerprint density at radius 3 is 3.08 bits per heavy atom. The van der Waals surface area contributed by atoms with Crippen molar-refractivity contribution in [3.8, 4) is 0 Å². The van der Waals surface area contributed by atoms with Crippen molar-refractivity contribution in [2.45, 2.75) is 45.6 Å². The van der Waals surface area contributed by atoms with Gasteiger partial charge in [0, 0.05) is 37.9 Å². The third-order valence-corrected chi connectivity index (χ3v) is 5.08. The van der Waals surface area contributed by atoms with Gasteiger partial charge in [0.25, 0.3) is 0 Å². The molecule has 0 saturated carbocycles. The molecular formula is C19H24N4O. The van der Waals surface area contributed by atoms with Crippen LogP contribution in [0.15, 0.2) is 24.5 Å². The Hall–Kier alpha value is -2.14. The van der Waals surface area contributed by atoms with Gasteiger partial charge in [0.15, 0.2) is 0 Å². The summed E-state index contributed by atoms with van der Waals surface area (Å²) in [7, 11) is 0. The highest BCUT2D eigenvalue weighted by Crippen LogP contribution is 2.24. The molecule has 0 radical (unpaired) electrons. The lowest BCUT2D eigenvalue weighted by atomic mass is 10.1. The summed E-state index contributed by atoms with van der Waals surface area (Å²) in [4.78, 5) is 12.8. The lowest BCUT2D eigenvalue weighted by Crippen LogP contribution is -2.09. The number of hydrogen-bond donors (Lipinski definition) is 1. The second-order valence-electron chi connectivity index (χ2n) is 6.73. The minimum Gasteiger partial charge on any atom is -0.381 e. The zero-order valence-corrected chi connectivity index (χ0v) is 14.4. The second-order valence-corrected chi connectivity index (χ2v) is 6.73. The Balaban J connectivity index is 1.43. The van der Waals surface area contributed by atoms with Crippen LogP contribution in [0.4, 0.5) is 0 Å². The number of imidazole rings is 2. The number of nitrogens with one attached hydrogen (secondary N) is 1. The number of H-pyrrole nitrogens is 1. The number of fused-ring (bicyclic) bond motifs is 1. The van der Waals surface area contributed by atoms with Gasteiger partial charge < -0.3 is 14.3 Å². The summed E-state index contributed by atoms with van der Waals surface area (Å²) >= 11 is 0. The standard InChI is InChI=1S/C19H24N4O/c1-13-5-6-16-18(14(13)2)22-17(21-16)4-3-9-23-10-8-20-19(23)15-7-11-24-12-15/h5-6,8,10,15H,3-4,7,9,11-12H2,1-2H3,(H,21,22)/t15-/m0/s1. The normalized spacial score (nSPS) is 17.8. The molecule has 126 valence electrons. The second kappa shape index (κ2) is 6.40. The third-order valence-electron chi connectivity index (χ3n) is 5.08. The fourth-order valence-corrected chi connectivity index (χ4v) is 3.51. The largest absolute Gasteiger partial charge is 0.381 e. The molecule has 4 rings (SSSR count). The monoisotopic (exact) mass is 324 g/mol. The number of hydrogen-bond acceptors (Lipinski definition) is 3. The lowest BCUT2D eigenvalue weighted by molar-refractivity contribution is 0.192. The van der Waals surface area contributed by atoms with Gasteiger partial charge in [-0.15, -0.1) is 0 Å². The zero-order chi connectivity index (χ0) is 16.5. The van der Waals surface area contributed by atoms with Crippen LogP contribution < -0.4 is 0 Å². The van der Waals surface area contributed by atoms with Crippen LogP contribution in [0.1, 0.15) is 41.5 Å². The number of aromatic amines is 1. The van der Waals surface area contributed by atoms with E-state index >= 15 is 0 Å². The molecule has 1 aliphatic rings. The van der Waals surface area contributed by atoms with E-state index < -0.39 is 0 Å². The van der Waals surface area contributed by atoms with Gasteiger partial charge in [-0.2, -0.15) is 0 Å². The molecule has 2 aromatic heterocycles. The van der Waals surface area contributed by atoms with Crippen LogP contribution in [0.25, 0.3) is 11.0 Å². The quantitative estimate of drug-likeness (QED) is 0.781. The molecule has 1 fully saturated rings. The van der Waals surface area contributed by atoms with Crippen LogP contribution in [0, 0.1) is 13.8 Å². The summed E-state index contributed by atoms with van der Waals surface area (Å²) in [6.07, 6.45) is 7.07. The first-order valence-corrected chi connectivity index (χ1v) is 8.76. The molecule has 1 aromatic carbocycles. The fourth-order valence-electron chi connectivity index (χ4n) is 3.51. The van der Waals surface area contributed by atoms with Crippen molar-refractivity contribution in [1.82, 2.24) is 19.5 Å². The molecule has 0 unspecified atom stereocenters. The minimum absolute atomic E-state index is 0.455. The third kappa shape index (κ3) is 2.84. The van der Waals surface area contributed by atoms with Gasteiger partial charge in [-0.05, 0) is 43.9 Å². The highest BCUT2D eigenvalue weighted by Gasteiger charge is 2.21. The molecule has 0 aliphatic carbocycles. The first kappa shape index (κ1) is 15.4. The molecule has 3 aromatic rings. The molecule has 24 heavy (non-hydrogen) atoms. The smallest absolute Gasteiger partial charge is 0.114 e. The van der Waals surface area contributed by atoms with Crippen molar-refractivity contribution in [1.29, 1.82) is 0 Å². The molecule has 0 bridgehead atoms. The highest BCUT2D eigenvalue weighted by atomic mass is 16.5. The number of aryl methyl sites for hydroxylation is 4. The Kier molecular flexibility index (Phi) is 4.10. The topological polar surface area (TPSA) is 55.7 Å².